The maximum atomic E-state index is 7.87. The molecule has 0 bridgehead atoms. The summed E-state index contributed by atoms with van der Waals surface area (Å²) in [6.45, 7) is 15.7. The summed E-state index contributed by atoms with van der Waals surface area (Å²) < 4.78 is 0. The SMILES string of the molecule is [C-]#[N+]c1ccc2c(c1)-c1cc(-c3ccc(-c4cc(-c5ccc(-c6ccccc6)cc5)nc(-c5ccccc5)n4)cc3)ccc1C2(c1ccccc1)c1ccccc1.[C-]#[N+]c1ccc2c(c1)-c1ccc(-c3ccc(-c4nc(-c5ccc(-c6ccccc6)cc5)cc(-c5ccc(-c6ccccc6)cc5)n4)cc3)cc1C2(c1ccccc1)c1ccccc1. The van der Waals surface area contributed by atoms with E-state index in [0.717, 1.165) is 112 Å². The Bertz CT molecular complexity index is 6880. The minimum Gasteiger partial charge on any atom is -0.238 e. The monoisotopic (exact) mass is 1530 g/mol. The van der Waals surface area contributed by atoms with Crippen molar-refractivity contribution in [1.29, 1.82) is 0 Å². The van der Waals surface area contributed by atoms with Gasteiger partial charge in [-0.15, -0.1) is 0 Å². The van der Waals surface area contributed by atoms with E-state index in [2.05, 4.69) is 410 Å². The molecule has 0 unspecified atom stereocenters. The van der Waals surface area contributed by atoms with Gasteiger partial charge in [-0.1, -0.05) is 413 Å². The van der Waals surface area contributed by atoms with E-state index in [0.29, 0.717) is 23.0 Å². The lowest BCUT2D eigenvalue weighted by Crippen LogP contribution is -2.28. The number of hydrogen-bond acceptors (Lipinski definition) is 4. The van der Waals surface area contributed by atoms with Gasteiger partial charge < -0.3 is 0 Å². The Labute approximate surface area is 699 Å². The van der Waals surface area contributed by atoms with Crippen LogP contribution in [0.4, 0.5) is 11.4 Å². The lowest BCUT2D eigenvalue weighted by molar-refractivity contribution is 0.768. The average Bonchev–Trinajstić information content (AvgIpc) is 1.54. The van der Waals surface area contributed by atoms with Gasteiger partial charge in [-0.3, -0.25) is 0 Å². The van der Waals surface area contributed by atoms with Gasteiger partial charge in [0.15, 0.2) is 23.0 Å². The molecule has 2 heterocycles. The van der Waals surface area contributed by atoms with Crippen molar-refractivity contribution >= 4 is 11.4 Å². The summed E-state index contributed by atoms with van der Waals surface area (Å²) in [4.78, 5) is 28.2. The first-order valence-corrected chi connectivity index (χ1v) is 40.4. The number of aromatic nitrogens is 4. The Morgan fingerprint density at radius 2 is 0.392 bits per heavy atom. The van der Waals surface area contributed by atoms with E-state index in [1.54, 1.807) is 0 Å². The highest BCUT2D eigenvalue weighted by Gasteiger charge is 2.48. The zero-order valence-corrected chi connectivity index (χ0v) is 65.4. The highest BCUT2D eigenvalue weighted by atomic mass is 14.9. The Balaban J connectivity index is 0.000000154. The van der Waals surface area contributed by atoms with Crippen molar-refractivity contribution in [2.24, 2.45) is 0 Å². The highest BCUT2D eigenvalue weighted by Crippen LogP contribution is 2.60. The molecule has 6 heteroatoms. The van der Waals surface area contributed by atoms with Gasteiger partial charge in [0.1, 0.15) is 0 Å². The standard InChI is InChI=1S/C60H39N3.C54H35N3/c1-61-52-35-37-55-54(39-52)53-36-34-49(38-56(53)60(55,50-18-10-4-11-19-50)51-20-12-5-13-21-51)45-26-32-48(33-27-45)59-62-57(46-28-22-43(23-29-46)41-14-6-2-7-15-41)40-58(63-59)47-30-24-44(25-31-47)42-16-8-3-9-17-42;1-55-46-31-33-50-48(35-46)47-34-43(30-32-49(47)54(50,44-18-10-4-11-19-44)45-20-12-5-13-21-45)39-24-28-41(29-25-39)52-36-51(56-53(57-52)42-16-8-3-9-17-42)40-26-22-38(23-27-40)37-14-6-2-7-15-37/h2-40H;2-36H. The Morgan fingerprint density at radius 3 is 0.725 bits per heavy atom. The molecule has 2 aliphatic carbocycles. The first-order chi connectivity index (χ1) is 59.3. The van der Waals surface area contributed by atoms with E-state index in [-0.39, 0.29) is 0 Å². The third-order valence-electron chi connectivity index (χ3n) is 23.7. The third kappa shape index (κ3) is 13.4. The number of hydrogen-bond donors (Lipinski definition) is 0. The number of nitrogens with zero attached hydrogens (tertiary/aromatic N) is 6. The van der Waals surface area contributed by atoms with Gasteiger partial charge >= 0.3 is 0 Å². The van der Waals surface area contributed by atoms with Crippen molar-refractivity contribution in [3.05, 3.63) is 516 Å². The van der Waals surface area contributed by atoms with Gasteiger partial charge in [-0.05, 0) is 159 Å². The molecule has 120 heavy (non-hydrogen) atoms. The molecule has 0 amide bonds. The van der Waals surface area contributed by atoms with E-state index in [9.17, 15) is 0 Å². The van der Waals surface area contributed by atoms with Gasteiger partial charge in [-0.2, -0.15) is 0 Å². The summed E-state index contributed by atoms with van der Waals surface area (Å²) in [5.41, 5.74) is 35.2. The second-order valence-electron chi connectivity index (χ2n) is 30.4. The van der Waals surface area contributed by atoms with Crippen molar-refractivity contribution in [1.82, 2.24) is 19.9 Å². The van der Waals surface area contributed by atoms with Gasteiger partial charge in [0, 0.05) is 33.4 Å². The van der Waals surface area contributed by atoms with E-state index in [4.69, 9.17) is 33.1 Å². The number of benzene rings is 17. The predicted octanol–water partition coefficient (Wildman–Crippen LogP) is 29.1. The van der Waals surface area contributed by atoms with Crippen LogP contribution in [-0.4, -0.2) is 19.9 Å². The first kappa shape index (κ1) is 72.8. The van der Waals surface area contributed by atoms with Crippen molar-refractivity contribution < 1.29 is 0 Å². The molecule has 2 aromatic heterocycles. The molecular weight excluding hydrogens is 1450 g/mol. The van der Waals surface area contributed by atoms with Gasteiger partial charge in [0.05, 0.1) is 46.7 Å². The van der Waals surface area contributed by atoms with E-state index >= 15 is 0 Å². The fourth-order valence-corrected chi connectivity index (χ4v) is 17.8. The van der Waals surface area contributed by atoms with Crippen LogP contribution < -0.4 is 0 Å². The molecule has 0 fully saturated rings. The maximum absolute atomic E-state index is 7.87. The summed E-state index contributed by atoms with van der Waals surface area (Å²) in [6, 6.07) is 158. The van der Waals surface area contributed by atoms with Crippen LogP contribution in [0.15, 0.2) is 449 Å². The van der Waals surface area contributed by atoms with Gasteiger partial charge in [0.2, 0.25) is 0 Å². The molecule has 17 aromatic carbocycles. The van der Waals surface area contributed by atoms with E-state index < -0.39 is 10.8 Å². The largest absolute Gasteiger partial charge is 0.238 e. The van der Waals surface area contributed by atoms with Crippen molar-refractivity contribution in [3.8, 4) is 146 Å². The van der Waals surface area contributed by atoms with Crippen LogP contribution in [0.1, 0.15) is 44.5 Å². The van der Waals surface area contributed by atoms with Crippen LogP contribution in [0.25, 0.3) is 155 Å². The second-order valence-corrected chi connectivity index (χ2v) is 30.4. The topological polar surface area (TPSA) is 60.3 Å². The van der Waals surface area contributed by atoms with Crippen LogP contribution in [0.3, 0.4) is 0 Å². The summed E-state index contributed by atoms with van der Waals surface area (Å²) in [6.07, 6.45) is 0. The van der Waals surface area contributed by atoms with E-state index in [1.165, 1.54) is 66.8 Å². The highest BCUT2D eigenvalue weighted by molar-refractivity contribution is 5.93. The molecule has 0 aliphatic heterocycles. The van der Waals surface area contributed by atoms with E-state index in [1.807, 2.05) is 48.5 Å². The molecule has 0 atom stereocenters. The molecule has 0 spiro atoms. The van der Waals surface area contributed by atoms with Crippen molar-refractivity contribution in [2.45, 2.75) is 10.8 Å². The fraction of sp³-hybridized carbons (Fsp3) is 0.0175. The van der Waals surface area contributed by atoms with Crippen LogP contribution in [-0.2, 0) is 10.8 Å². The fourth-order valence-electron chi connectivity index (χ4n) is 17.8. The molecule has 0 saturated heterocycles. The molecule has 0 radical (unpaired) electrons. The average molecular weight is 1530 g/mol. The number of fused-ring (bicyclic) bond motifs is 6. The molecule has 6 nitrogen and oxygen atoms in total. The molecule has 19 aromatic rings. The van der Waals surface area contributed by atoms with Gasteiger partial charge in [-0.25, -0.2) is 29.6 Å². The minimum absolute atomic E-state index is 0.515. The minimum atomic E-state index is -0.563. The Kier molecular flexibility index (Phi) is 19.2. The smallest absolute Gasteiger partial charge is 0.187 e. The van der Waals surface area contributed by atoms with Crippen LogP contribution in [0.5, 0.6) is 0 Å². The molecule has 2 aliphatic rings. The Hall–Kier alpha value is -16.1. The second kappa shape index (κ2) is 31.6. The summed E-state index contributed by atoms with van der Waals surface area (Å²) in [5, 5.41) is 0. The lowest BCUT2D eigenvalue weighted by atomic mass is 9.67. The Morgan fingerprint density at radius 1 is 0.167 bits per heavy atom. The third-order valence-corrected chi connectivity index (χ3v) is 23.7. The molecular formula is C114H74N6. The number of rotatable bonds is 15. The quantitative estimate of drug-likeness (QED) is 0.0960. The summed E-state index contributed by atoms with van der Waals surface area (Å²) in [5.74, 6) is 1.36. The molecule has 21 rings (SSSR count). The first-order valence-electron chi connectivity index (χ1n) is 40.4. The predicted molar refractivity (Wildman–Crippen MR) is 491 cm³/mol. The molecule has 560 valence electrons. The van der Waals surface area contributed by atoms with Crippen molar-refractivity contribution in [3.63, 3.8) is 0 Å². The van der Waals surface area contributed by atoms with Crippen LogP contribution >= 0.6 is 0 Å². The zero-order chi connectivity index (χ0) is 80.4. The van der Waals surface area contributed by atoms with Gasteiger partial charge in [0.25, 0.3) is 0 Å². The normalized spacial score (nSPS) is 12.3. The zero-order valence-electron chi connectivity index (χ0n) is 65.4. The lowest BCUT2D eigenvalue weighted by Gasteiger charge is -2.34. The van der Waals surface area contributed by atoms with Crippen LogP contribution in [0, 0.1) is 13.1 Å². The summed E-state index contributed by atoms with van der Waals surface area (Å²) >= 11 is 0. The van der Waals surface area contributed by atoms with Crippen molar-refractivity contribution in [2.75, 3.05) is 0 Å². The molecule has 0 N–H and O–H groups in total. The maximum Gasteiger partial charge on any atom is 0.187 e. The summed E-state index contributed by atoms with van der Waals surface area (Å²) in [7, 11) is 0. The molecule has 0 saturated carbocycles. The van der Waals surface area contributed by atoms with Crippen LogP contribution in [0.2, 0.25) is 0 Å².